The SMILES string of the molecule is CN(c1ccc(-c2ccccc2)nn1)S(=O)(=O)c1cc(Br)cc2c1OCC2. The second-order valence-electron chi connectivity index (χ2n) is 6.11. The Kier molecular flexibility index (Phi) is 4.61. The molecule has 1 aliphatic rings. The molecule has 6 nitrogen and oxygen atoms in total. The van der Waals surface area contributed by atoms with Crippen LogP contribution in [-0.4, -0.2) is 32.3 Å². The van der Waals surface area contributed by atoms with E-state index in [1.807, 2.05) is 36.4 Å². The molecule has 27 heavy (non-hydrogen) atoms. The molecule has 0 fully saturated rings. The van der Waals surface area contributed by atoms with Crippen LogP contribution in [0.5, 0.6) is 5.75 Å². The van der Waals surface area contributed by atoms with Gasteiger partial charge in [-0.15, -0.1) is 10.2 Å². The average Bonchev–Trinajstić information content (AvgIpc) is 3.15. The van der Waals surface area contributed by atoms with Gasteiger partial charge in [-0.05, 0) is 24.3 Å². The molecule has 0 N–H and O–H groups in total. The van der Waals surface area contributed by atoms with Gasteiger partial charge < -0.3 is 4.74 Å². The van der Waals surface area contributed by atoms with Gasteiger partial charge in [-0.3, -0.25) is 4.31 Å². The van der Waals surface area contributed by atoms with E-state index in [1.54, 1.807) is 18.2 Å². The fourth-order valence-corrected chi connectivity index (χ4v) is 4.95. The number of rotatable bonds is 4. The van der Waals surface area contributed by atoms with Crippen LogP contribution >= 0.6 is 15.9 Å². The molecule has 0 saturated heterocycles. The maximum absolute atomic E-state index is 13.2. The third-order valence-electron chi connectivity index (χ3n) is 4.40. The Hall–Kier alpha value is -2.45. The first-order chi connectivity index (χ1) is 13.0. The minimum Gasteiger partial charge on any atom is -0.492 e. The van der Waals surface area contributed by atoms with Gasteiger partial charge in [-0.1, -0.05) is 46.3 Å². The summed E-state index contributed by atoms with van der Waals surface area (Å²) in [7, 11) is -2.38. The van der Waals surface area contributed by atoms with E-state index in [4.69, 9.17) is 4.74 Å². The highest BCUT2D eigenvalue weighted by Gasteiger charge is 2.30. The van der Waals surface area contributed by atoms with Crippen molar-refractivity contribution in [1.82, 2.24) is 10.2 Å². The van der Waals surface area contributed by atoms with E-state index in [9.17, 15) is 8.42 Å². The first-order valence-corrected chi connectivity index (χ1v) is 10.5. The normalized spacial score (nSPS) is 13.1. The molecular weight excluding hydrogens is 430 g/mol. The largest absolute Gasteiger partial charge is 0.492 e. The smallest absolute Gasteiger partial charge is 0.269 e. The van der Waals surface area contributed by atoms with E-state index in [1.165, 1.54) is 7.05 Å². The van der Waals surface area contributed by atoms with Gasteiger partial charge in [0.1, 0.15) is 10.6 Å². The Labute approximate surface area is 166 Å². The van der Waals surface area contributed by atoms with E-state index in [0.717, 1.165) is 15.4 Å². The Bertz CT molecular complexity index is 1090. The van der Waals surface area contributed by atoms with Crippen LogP contribution in [0, 0.1) is 0 Å². The predicted octanol–water partition coefficient (Wildman–Crippen LogP) is 3.67. The van der Waals surface area contributed by atoms with Crippen molar-refractivity contribution in [2.24, 2.45) is 0 Å². The highest BCUT2D eigenvalue weighted by atomic mass is 79.9. The minimum absolute atomic E-state index is 0.126. The van der Waals surface area contributed by atoms with Crippen LogP contribution in [0.4, 0.5) is 5.82 Å². The highest BCUT2D eigenvalue weighted by molar-refractivity contribution is 9.10. The van der Waals surface area contributed by atoms with Gasteiger partial charge in [-0.25, -0.2) is 8.42 Å². The molecule has 138 valence electrons. The summed E-state index contributed by atoms with van der Waals surface area (Å²) in [5.41, 5.74) is 2.47. The van der Waals surface area contributed by atoms with Crippen molar-refractivity contribution >= 4 is 31.8 Å². The van der Waals surface area contributed by atoms with Crippen molar-refractivity contribution < 1.29 is 13.2 Å². The molecule has 2 aromatic carbocycles. The van der Waals surface area contributed by atoms with Crippen LogP contribution in [0.3, 0.4) is 0 Å². The Balaban J connectivity index is 1.69. The summed E-state index contributed by atoms with van der Waals surface area (Å²) in [6.07, 6.45) is 0.687. The van der Waals surface area contributed by atoms with Crippen molar-refractivity contribution in [3.8, 4) is 17.0 Å². The van der Waals surface area contributed by atoms with E-state index >= 15 is 0 Å². The van der Waals surface area contributed by atoms with E-state index < -0.39 is 10.0 Å². The molecule has 0 unspecified atom stereocenters. The Morgan fingerprint density at radius 2 is 1.85 bits per heavy atom. The van der Waals surface area contributed by atoms with Gasteiger partial charge in [0.25, 0.3) is 10.0 Å². The monoisotopic (exact) mass is 445 g/mol. The molecular formula is C19H16BrN3O3S. The molecule has 0 radical (unpaired) electrons. The molecule has 0 bridgehead atoms. The lowest BCUT2D eigenvalue weighted by molar-refractivity contribution is 0.348. The van der Waals surface area contributed by atoms with Crippen LogP contribution in [0.25, 0.3) is 11.3 Å². The van der Waals surface area contributed by atoms with Crippen molar-refractivity contribution in [3.63, 3.8) is 0 Å². The fourth-order valence-electron chi connectivity index (χ4n) is 2.95. The zero-order valence-electron chi connectivity index (χ0n) is 14.5. The maximum Gasteiger partial charge on any atom is 0.269 e. The number of benzene rings is 2. The van der Waals surface area contributed by atoms with E-state index in [0.29, 0.717) is 28.9 Å². The number of hydrogen-bond acceptors (Lipinski definition) is 5. The van der Waals surface area contributed by atoms with Crippen LogP contribution in [0.1, 0.15) is 5.56 Å². The molecule has 3 aromatic rings. The summed E-state index contributed by atoms with van der Waals surface area (Å²) in [4.78, 5) is 0.126. The zero-order valence-corrected chi connectivity index (χ0v) is 16.9. The molecule has 0 saturated carbocycles. The summed E-state index contributed by atoms with van der Waals surface area (Å²) in [5.74, 6) is 0.653. The van der Waals surface area contributed by atoms with Crippen molar-refractivity contribution in [2.75, 3.05) is 18.0 Å². The molecule has 1 aliphatic heterocycles. The molecule has 2 heterocycles. The predicted molar refractivity (Wildman–Crippen MR) is 106 cm³/mol. The van der Waals surface area contributed by atoms with Crippen LogP contribution in [0.15, 0.2) is 64.0 Å². The van der Waals surface area contributed by atoms with Crippen molar-refractivity contribution in [1.29, 1.82) is 0 Å². The number of sulfonamides is 1. The van der Waals surface area contributed by atoms with E-state index in [2.05, 4.69) is 26.1 Å². The third-order valence-corrected chi connectivity index (χ3v) is 6.62. The van der Waals surface area contributed by atoms with E-state index in [-0.39, 0.29) is 10.7 Å². The zero-order chi connectivity index (χ0) is 19.0. The molecule has 1 aromatic heterocycles. The quantitative estimate of drug-likeness (QED) is 0.612. The van der Waals surface area contributed by atoms with Gasteiger partial charge in [0, 0.05) is 29.1 Å². The first kappa shape index (κ1) is 17.9. The molecule has 0 amide bonds. The van der Waals surface area contributed by atoms with Crippen molar-refractivity contribution in [2.45, 2.75) is 11.3 Å². The van der Waals surface area contributed by atoms with Gasteiger partial charge in [0.15, 0.2) is 5.82 Å². The maximum atomic E-state index is 13.2. The minimum atomic E-state index is -3.84. The summed E-state index contributed by atoms with van der Waals surface area (Å²) in [6.45, 7) is 0.476. The summed E-state index contributed by atoms with van der Waals surface area (Å²) >= 11 is 3.38. The second-order valence-corrected chi connectivity index (χ2v) is 8.96. The van der Waals surface area contributed by atoms with Crippen molar-refractivity contribution in [3.05, 3.63) is 64.6 Å². The molecule has 0 aliphatic carbocycles. The number of halogens is 1. The number of nitrogens with zero attached hydrogens (tertiary/aromatic N) is 3. The topological polar surface area (TPSA) is 72.4 Å². The van der Waals surface area contributed by atoms with Crippen LogP contribution < -0.4 is 9.04 Å². The van der Waals surface area contributed by atoms with Crippen LogP contribution in [-0.2, 0) is 16.4 Å². The second kappa shape index (κ2) is 6.94. The van der Waals surface area contributed by atoms with Gasteiger partial charge >= 0.3 is 0 Å². The van der Waals surface area contributed by atoms with Crippen LogP contribution in [0.2, 0.25) is 0 Å². The van der Waals surface area contributed by atoms with Gasteiger partial charge in [-0.2, -0.15) is 0 Å². The lowest BCUT2D eigenvalue weighted by atomic mass is 10.1. The summed E-state index contributed by atoms with van der Waals surface area (Å²) < 4.78 is 33.7. The average molecular weight is 446 g/mol. The Morgan fingerprint density at radius 3 is 2.56 bits per heavy atom. The number of fused-ring (bicyclic) bond motifs is 1. The molecule has 0 atom stereocenters. The number of aromatic nitrogens is 2. The lowest BCUT2D eigenvalue weighted by Gasteiger charge is -2.19. The standard InChI is InChI=1S/C19H16BrN3O3S/c1-23(18-8-7-16(21-22-18)13-5-3-2-4-6-13)27(24,25)17-12-15(20)11-14-9-10-26-19(14)17/h2-8,11-12H,9-10H2,1H3. The molecule has 8 heteroatoms. The fraction of sp³-hybridized carbons (Fsp3) is 0.158. The summed E-state index contributed by atoms with van der Waals surface area (Å²) in [6, 6.07) is 16.4. The van der Waals surface area contributed by atoms with Gasteiger partial charge in [0.05, 0.1) is 12.3 Å². The number of ether oxygens (including phenoxy) is 1. The third kappa shape index (κ3) is 3.30. The number of hydrogen-bond donors (Lipinski definition) is 0. The Morgan fingerprint density at radius 1 is 1.07 bits per heavy atom. The van der Waals surface area contributed by atoms with Gasteiger partial charge in [0.2, 0.25) is 0 Å². The first-order valence-electron chi connectivity index (χ1n) is 8.30. The molecule has 0 spiro atoms. The number of anilines is 1. The highest BCUT2D eigenvalue weighted by Crippen LogP contribution is 2.37. The summed E-state index contributed by atoms with van der Waals surface area (Å²) in [5, 5.41) is 8.28. The molecule has 4 rings (SSSR count). The lowest BCUT2D eigenvalue weighted by Crippen LogP contribution is -2.28.